The van der Waals surface area contributed by atoms with Crippen LogP contribution in [0.15, 0.2) is 12.1 Å². The molecule has 2 rings (SSSR count). The summed E-state index contributed by atoms with van der Waals surface area (Å²) in [5, 5.41) is 4.18. The van der Waals surface area contributed by atoms with E-state index in [1.54, 1.807) is 7.11 Å². The van der Waals surface area contributed by atoms with Crippen LogP contribution in [0.2, 0.25) is 5.02 Å². The Morgan fingerprint density at radius 2 is 2.12 bits per heavy atom. The number of hydrogen-bond donors (Lipinski definition) is 1. The van der Waals surface area contributed by atoms with Gasteiger partial charge in [0.15, 0.2) is 0 Å². The molecule has 3 heteroatoms. The van der Waals surface area contributed by atoms with Gasteiger partial charge in [0.05, 0.1) is 12.1 Å². The highest BCUT2D eigenvalue weighted by Crippen LogP contribution is 2.42. The van der Waals surface area contributed by atoms with Crippen LogP contribution in [0.25, 0.3) is 0 Å². The average Bonchev–Trinajstić information content (AvgIpc) is 2.14. The first-order valence-electron chi connectivity index (χ1n) is 5.58. The molecular formula is C13H18ClNO. The van der Waals surface area contributed by atoms with E-state index in [0.717, 1.165) is 17.9 Å². The number of methoxy groups -OCH3 is 1. The van der Waals surface area contributed by atoms with Gasteiger partial charge in [-0.15, -0.1) is 0 Å². The SMILES string of the molecule is COc1cc2c(cc1Cl)NC(C)(C)CC2C. The Bertz CT molecular complexity index is 415. The second-order valence-electron chi connectivity index (χ2n) is 5.19. The van der Waals surface area contributed by atoms with Crippen LogP contribution in [-0.4, -0.2) is 12.6 Å². The van der Waals surface area contributed by atoms with E-state index in [-0.39, 0.29) is 5.54 Å². The van der Waals surface area contributed by atoms with Crippen molar-refractivity contribution in [3.63, 3.8) is 0 Å². The molecule has 1 heterocycles. The molecule has 2 nitrogen and oxygen atoms in total. The molecule has 0 amide bonds. The Morgan fingerprint density at radius 3 is 2.75 bits per heavy atom. The van der Waals surface area contributed by atoms with Crippen LogP contribution >= 0.6 is 11.6 Å². The van der Waals surface area contributed by atoms with E-state index in [4.69, 9.17) is 16.3 Å². The molecule has 1 N–H and O–H groups in total. The van der Waals surface area contributed by atoms with E-state index in [1.807, 2.05) is 12.1 Å². The normalized spacial score (nSPS) is 22.2. The molecule has 0 aromatic heterocycles. The second kappa shape index (κ2) is 3.85. The minimum absolute atomic E-state index is 0.129. The van der Waals surface area contributed by atoms with Gasteiger partial charge < -0.3 is 10.1 Å². The average molecular weight is 240 g/mol. The minimum atomic E-state index is 0.129. The Labute approximate surface area is 102 Å². The van der Waals surface area contributed by atoms with Gasteiger partial charge in [0, 0.05) is 11.2 Å². The van der Waals surface area contributed by atoms with Crippen molar-refractivity contribution in [3.05, 3.63) is 22.7 Å². The first-order chi connectivity index (χ1) is 7.43. The summed E-state index contributed by atoms with van der Waals surface area (Å²) in [5.41, 5.74) is 2.56. The third-order valence-electron chi connectivity index (χ3n) is 3.14. The van der Waals surface area contributed by atoms with Crippen molar-refractivity contribution < 1.29 is 4.74 Å². The molecule has 0 aliphatic carbocycles. The molecule has 1 aromatic carbocycles. The highest BCUT2D eigenvalue weighted by atomic mass is 35.5. The van der Waals surface area contributed by atoms with Crippen molar-refractivity contribution >= 4 is 17.3 Å². The number of fused-ring (bicyclic) bond motifs is 1. The minimum Gasteiger partial charge on any atom is -0.495 e. The fraction of sp³-hybridized carbons (Fsp3) is 0.538. The zero-order valence-corrected chi connectivity index (χ0v) is 11.0. The van der Waals surface area contributed by atoms with Crippen LogP contribution in [0.5, 0.6) is 5.75 Å². The molecule has 88 valence electrons. The molecule has 0 fully saturated rings. The van der Waals surface area contributed by atoms with E-state index in [0.29, 0.717) is 10.9 Å². The molecule has 1 aliphatic heterocycles. The summed E-state index contributed by atoms with van der Waals surface area (Å²) >= 11 is 6.14. The first-order valence-corrected chi connectivity index (χ1v) is 5.96. The standard InChI is InChI=1S/C13H18ClNO/c1-8-7-13(2,3)15-11-6-10(14)12(16-4)5-9(8)11/h5-6,8,15H,7H2,1-4H3. The van der Waals surface area contributed by atoms with E-state index >= 15 is 0 Å². The monoisotopic (exact) mass is 239 g/mol. The summed E-state index contributed by atoms with van der Waals surface area (Å²) in [7, 11) is 1.65. The maximum atomic E-state index is 6.14. The molecule has 1 aliphatic rings. The molecule has 0 radical (unpaired) electrons. The zero-order valence-electron chi connectivity index (χ0n) is 10.2. The summed E-state index contributed by atoms with van der Waals surface area (Å²) < 4.78 is 5.25. The number of nitrogens with one attached hydrogen (secondary N) is 1. The molecule has 1 atom stereocenters. The van der Waals surface area contributed by atoms with Crippen LogP contribution in [0.1, 0.15) is 38.7 Å². The Balaban J connectivity index is 2.49. The molecule has 0 saturated carbocycles. The van der Waals surface area contributed by atoms with E-state index in [9.17, 15) is 0 Å². The van der Waals surface area contributed by atoms with E-state index in [2.05, 4.69) is 26.1 Å². The number of rotatable bonds is 1. The van der Waals surface area contributed by atoms with Crippen molar-refractivity contribution in [1.82, 2.24) is 0 Å². The highest BCUT2D eigenvalue weighted by molar-refractivity contribution is 6.32. The lowest BCUT2D eigenvalue weighted by atomic mass is 9.82. The van der Waals surface area contributed by atoms with Gasteiger partial charge in [0.1, 0.15) is 5.75 Å². The maximum Gasteiger partial charge on any atom is 0.137 e. The Kier molecular flexibility index (Phi) is 2.79. The molecule has 1 unspecified atom stereocenters. The van der Waals surface area contributed by atoms with Gasteiger partial charge >= 0.3 is 0 Å². The fourth-order valence-corrected chi connectivity index (χ4v) is 2.77. The number of halogens is 1. The van der Waals surface area contributed by atoms with Gasteiger partial charge in [0.25, 0.3) is 0 Å². The van der Waals surface area contributed by atoms with Crippen LogP contribution in [0.3, 0.4) is 0 Å². The number of ether oxygens (including phenoxy) is 1. The van der Waals surface area contributed by atoms with Crippen molar-refractivity contribution in [1.29, 1.82) is 0 Å². The second-order valence-corrected chi connectivity index (χ2v) is 5.60. The lowest BCUT2D eigenvalue weighted by molar-refractivity contribution is 0.410. The molecule has 0 saturated heterocycles. The molecular weight excluding hydrogens is 222 g/mol. The van der Waals surface area contributed by atoms with Gasteiger partial charge in [-0.1, -0.05) is 18.5 Å². The van der Waals surface area contributed by atoms with Crippen molar-refractivity contribution in [2.45, 2.75) is 38.6 Å². The summed E-state index contributed by atoms with van der Waals surface area (Å²) in [4.78, 5) is 0. The smallest absolute Gasteiger partial charge is 0.137 e. The summed E-state index contributed by atoms with van der Waals surface area (Å²) in [6.45, 7) is 6.67. The van der Waals surface area contributed by atoms with Crippen LogP contribution in [0, 0.1) is 0 Å². The summed E-state index contributed by atoms with van der Waals surface area (Å²) in [5.74, 6) is 1.28. The van der Waals surface area contributed by atoms with Crippen molar-refractivity contribution in [2.24, 2.45) is 0 Å². The Hall–Kier alpha value is -0.890. The van der Waals surface area contributed by atoms with Gasteiger partial charge in [-0.3, -0.25) is 0 Å². The van der Waals surface area contributed by atoms with E-state index < -0.39 is 0 Å². The predicted octanol–water partition coefficient (Wildman–Crippen LogP) is 4.05. The van der Waals surface area contributed by atoms with Crippen LogP contribution < -0.4 is 10.1 Å². The maximum absolute atomic E-state index is 6.14. The van der Waals surface area contributed by atoms with Crippen molar-refractivity contribution in [3.8, 4) is 5.75 Å². The quantitative estimate of drug-likeness (QED) is 0.799. The third-order valence-corrected chi connectivity index (χ3v) is 3.44. The highest BCUT2D eigenvalue weighted by Gasteiger charge is 2.29. The zero-order chi connectivity index (χ0) is 11.9. The van der Waals surface area contributed by atoms with Crippen LogP contribution in [-0.2, 0) is 0 Å². The fourth-order valence-electron chi connectivity index (χ4n) is 2.53. The summed E-state index contributed by atoms with van der Waals surface area (Å²) in [6, 6.07) is 4.01. The molecule has 0 spiro atoms. The lowest BCUT2D eigenvalue weighted by Crippen LogP contribution is -2.36. The molecule has 1 aromatic rings. The largest absolute Gasteiger partial charge is 0.495 e. The van der Waals surface area contributed by atoms with Gasteiger partial charge in [-0.05, 0) is 43.9 Å². The number of hydrogen-bond acceptors (Lipinski definition) is 2. The van der Waals surface area contributed by atoms with Crippen LogP contribution in [0.4, 0.5) is 5.69 Å². The number of anilines is 1. The van der Waals surface area contributed by atoms with Gasteiger partial charge in [-0.25, -0.2) is 0 Å². The Morgan fingerprint density at radius 1 is 1.44 bits per heavy atom. The molecule has 0 bridgehead atoms. The van der Waals surface area contributed by atoms with Crippen molar-refractivity contribution in [2.75, 3.05) is 12.4 Å². The number of benzene rings is 1. The predicted molar refractivity (Wildman–Crippen MR) is 68.7 cm³/mol. The van der Waals surface area contributed by atoms with E-state index in [1.165, 1.54) is 5.56 Å². The topological polar surface area (TPSA) is 21.3 Å². The molecule has 16 heavy (non-hydrogen) atoms. The van der Waals surface area contributed by atoms with Gasteiger partial charge in [0.2, 0.25) is 0 Å². The van der Waals surface area contributed by atoms with Gasteiger partial charge in [-0.2, -0.15) is 0 Å². The lowest BCUT2D eigenvalue weighted by Gasteiger charge is -2.37. The summed E-state index contributed by atoms with van der Waals surface area (Å²) in [6.07, 6.45) is 1.12. The first kappa shape index (κ1) is 11.6. The third kappa shape index (κ3) is 1.99.